The van der Waals surface area contributed by atoms with Gasteiger partial charge in [-0.1, -0.05) is 18.2 Å². The number of carbonyl (C=O) groups is 1. The molecule has 0 saturated heterocycles. The lowest BCUT2D eigenvalue weighted by molar-refractivity contribution is 0.0450. The molecule has 0 spiro atoms. The predicted molar refractivity (Wildman–Crippen MR) is 119 cm³/mol. The average Bonchev–Trinajstić information content (AvgIpc) is 2.77. The average molecular weight is 457 g/mol. The van der Waals surface area contributed by atoms with Crippen molar-refractivity contribution in [3.63, 3.8) is 0 Å². The number of carbonyl (C=O) groups excluding carboxylic acids is 1. The highest BCUT2D eigenvalue weighted by atomic mass is 32.2. The van der Waals surface area contributed by atoms with E-state index < -0.39 is 16.1 Å². The third-order valence-electron chi connectivity index (χ3n) is 4.11. The van der Waals surface area contributed by atoms with Crippen LogP contribution in [0.5, 0.6) is 17.2 Å². The summed E-state index contributed by atoms with van der Waals surface area (Å²) in [5, 5.41) is 0. The van der Waals surface area contributed by atoms with Crippen molar-refractivity contribution in [2.45, 2.75) is 24.8 Å². The number of ether oxygens (including phenoxy) is 3. The first kappa shape index (κ1) is 23.1. The Bertz CT molecular complexity index is 1110. The quantitative estimate of drug-likeness (QED) is 0.253. The third-order valence-corrected chi connectivity index (χ3v) is 5.37. The zero-order valence-corrected chi connectivity index (χ0v) is 18.6. The molecule has 0 amide bonds. The number of para-hydroxylation sites is 1. The van der Waals surface area contributed by atoms with E-state index in [1.165, 1.54) is 36.4 Å². The van der Waals surface area contributed by atoms with E-state index in [0.717, 1.165) is 0 Å². The SMILES string of the molecule is CC(C)Oc1ccc(S(=O)(=O)Oc2ccc(C(=O)OCCOc3ccccc3)cc2)cc1. The van der Waals surface area contributed by atoms with E-state index in [4.69, 9.17) is 18.4 Å². The van der Waals surface area contributed by atoms with Crippen molar-refractivity contribution in [1.82, 2.24) is 0 Å². The molecule has 8 heteroatoms. The van der Waals surface area contributed by atoms with Crippen LogP contribution in [0.25, 0.3) is 0 Å². The lowest BCUT2D eigenvalue weighted by atomic mass is 10.2. The van der Waals surface area contributed by atoms with Gasteiger partial charge in [-0.05, 0) is 74.5 Å². The predicted octanol–water partition coefficient (Wildman–Crippen LogP) is 4.48. The summed E-state index contributed by atoms with van der Waals surface area (Å²) in [6.45, 7) is 4.06. The second-order valence-corrected chi connectivity index (χ2v) is 8.54. The largest absolute Gasteiger partial charge is 0.491 e. The monoisotopic (exact) mass is 456 g/mol. The van der Waals surface area contributed by atoms with Gasteiger partial charge in [-0.15, -0.1) is 0 Å². The second-order valence-electron chi connectivity index (χ2n) is 7.00. The van der Waals surface area contributed by atoms with Crippen LogP contribution >= 0.6 is 0 Å². The fraction of sp³-hybridized carbons (Fsp3) is 0.208. The molecule has 3 aromatic rings. The Labute approximate surface area is 187 Å². The Balaban J connectivity index is 1.52. The summed E-state index contributed by atoms with van der Waals surface area (Å²) >= 11 is 0. The normalized spacial score (nSPS) is 11.1. The van der Waals surface area contributed by atoms with Gasteiger partial charge in [0, 0.05) is 0 Å². The summed E-state index contributed by atoms with van der Waals surface area (Å²) in [4.78, 5) is 12.1. The Morgan fingerprint density at radius 3 is 2.03 bits per heavy atom. The molecule has 0 heterocycles. The maximum Gasteiger partial charge on any atom is 0.339 e. The van der Waals surface area contributed by atoms with Gasteiger partial charge in [0.1, 0.15) is 35.4 Å². The van der Waals surface area contributed by atoms with Crippen LogP contribution in [-0.2, 0) is 14.9 Å². The Kier molecular flexibility index (Phi) is 7.72. The molecule has 0 saturated carbocycles. The van der Waals surface area contributed by atoms with Gasteiger partial charge in [-0.2, -0.15) is 8.42 Å². The van der Waals surface area contributed by atoms with Crippen molar-refractivity contribution in [3.8, 4) is 17.2 Å². The van der Waals surface area contributed by atoms with Crippen molar-refractivity contribution >= 4 is 16.1 Å². The summed E-state index contributed by atoms with van der Waals surface area (Å²) in [5.41, 5.74) is 0.268. The lowest BCUT2D eigenvalue weighted by Crippen LogP contribution is -2.13. The van der Waals surface area contributed by atoms with Crippen LogP contribution < -0.4 is 13.7 Å². The molecule has 0 N–H and O–H groups in total. The molecule has 0 aliphatic rings. The van der Waals surface area contributed by atoms with Crippen molar-refractivity contribution in [2.24, 2.45) is 0 Å². The Morgan fingerprint density at radius 1 is 0.781 bits per heavy atom. The zero-order valence-electron chi connectivity index (χ0n) is 17.8. The molecule has 0 aliphatic carbocycles. The van der Waals surface area contributed by atoms with Crippen molar-refractivity contribution in [2.75, 3.05) is 13.2 Å². The van der Waals surface area contributed by atoms with Crippen molar-refractivity contribution in [3.05, 3.63) is 84.4 Å². The molecule has 168 valence electrons. The molecular weight excluding hydrogens is 432 g/mol. The number of esters is 1. The van der Waals surface area contributed by atoms with Crippen LogP contribution in [0.3, 0.4) is 0 Å². The molecule has 0 bridgehead atoms. The van der Waals surface area contributed by atoms with Crippen LogP contribution in [0.4, 0.5) is 0 Å². The highest BCUT2D eigenvalue weighted by molar-refractivity contribution is 7.87. The van der Waals surface area contributed by atoms with Crippen molar-refractivity contribution in [1.29, 1.82) is 0 Å². The molecule has 0 radical (unpaired) electrons. The van der Waals surface area contributed by atoms with Gasteiger partial charge in [0.15, 0.2) is 0 Å². The van der Waals surface area contributed by atoms with Gasteiger partial charge in [0.05, 0.1) is 11.7 Å². The van der Waals surface area contributed by atoms with Crippen molar-refractivity contribution < 1.29 is 31.6 Å². The van der Waals surface area contributed by atoms with Gasteiger partial charge in [0.25, 0.3) is 0 Å². The smallest absolute Gasteiger partial charge is 0.339 e. The first-order valence-corrected chi connectivity index (χ1v) is 11.4. The minimum absolute atomic E-state index is 0.00416. The van der Waals surface area contributed by atoms with Crippen LogP contribution in [-0.4, -0.2) is 33.7 Å². The van der Waals surface area contributed by atoms with Gasteiger partial charge >= 0.3 is 16.1 Å². The van der Waals surface area contributed by atoms with E-state index in [9.17, 15) is 13.2 Å². The molecule has 3 aromatic carbocycles. The van der Waals surface area contributed by atoms with E-state index in [0.29, 0.717) is 11.5 Å². The van der Waals surface area contributed by atoms with E-state index in [1.54, 1.807) is 12.1 Å². The summed E-state index contributed by atoms with van der Waals surface area (Å²) in [6, 6.07) is 20.8. The third kappa shape index (κ3) is 6.75. The number of hydrogen-bond acceptors (Lipinski definition) is 7. The summed E-state index contributed by atoms with van der Waals surface area (Å²) in [5.74, 6) is 0.789. The summed E-state index contributed by atoms with van der Waals surface area (Å²) in [7, 11) is -4.02. The Morgan fingerprint density at radius 2 is 1.41 bits per heavy atom. The number of rotatable bonds is 10. The number of benzene rings is 3. The maximum absolute atomic E-state index is 12.5. The highest BCUT2D eigenvalue weighted by Crippen LogP contribution is 2.22. The van der Waals surface area contributed by atoms with Crippen LogP contribution in [0.2, 0.25) is 0 Å². The standard InChI is InChI=1S/C24H24O7S/c1-18(2)30-21-12-14-23(15-13-21)32(26,27)31-22-10-8-19(9-11-22)24(25)29-17-16-28-20-6-4-3-5-7-20/h3-15,18H,16-17H2,1-2H3. The van der Waals surface area contributed by atoms with E-state index in [1.807, 2.05) is 44.2 Å². The van der Waals surface area contributed by atoms with Crippen LogP contribution in [0.15, 0.2) is 83.8 Å². The van der Waals surface area contributed by atoms with Crippen LogP contribution in [0, 0.1) is 0 Å². The fourth-order valence-electron chi connectivity index (χ4n) is 2.67. The minimum Gasteiger partial charge on any atom is -0.491 e. The second kappa shape index (κ2) is 10.7. The fourth-order valence-corrected chi connectivity index (χ4v) is 3.60. The molecule has 3 rings (SSSR count). The summed E-state index contributed by atoms with van der Waals surface area (Å²) in [6.07, 6.45) is -0.0182. The van der Waals surface area contributed by atoms with Gasteiger partial charge < -0.3 is 18.4 Å². The first-order valence-electron chi connectivity index (χ1n) is 10.00. The maximum atomic E-state index is 12.5. The first-order chi connectivity index (χ1) is 15.3. The van der Waals surface area contributed by atoms with Crippen LogP contribution in [0.1, 0.15) is 24.2 Å². The minimum atomic E-state index is -4.02. The van der Waals surface area contributed by atoms with E-state index in [-0.39, 0.29) is 35.5 Å². The molecule has 0 aliphatic heterocycles. The topological polar surface area (TPSA) is 88.1 Å². The molecule has 0 fully saturated rings. The molecular formula is C24H24O7S. The molecule has 7 nitrogen and oxygen atoms in total. The molecule has 0 unspecified atom stereocenters. The Hall–Kier alpha value is -3.52. The zero-order chi connectivity index (χ0) is 23.0. The van der Waals surface area contributed by atoms with E-state index >= 15 is 0 Å². The van der Waals surface area contributed by atoms with E-state index in [2.05, 4.69) is 0 Å². The molecule has 0 atom stereocenters. The molecule has 0 aromatic heterocycles. The van der Waals surface area contributed by atoms with Gasteiger partial charge in [-0.3, -0.25) is 0 Å². The lowest BCUT2D eigenvalue weighted by Gasteiger charge is -2.11. The number of hydrogen-bond donors (Lipinski definition) is 0. The summed E-state index contributed by atoms with van der Waals surface area (Å²) < 4.78 is 46.2. The van der Waals surface area contributed by atoms with Gasteiger partial charge in [0.2, 0.25) is 0 Å². The molecule has 32 heavy (non-hydrogen) atoms. The highest BCUT2D eigenvalue weighted by Gasteiger charge is 2.17. The van der Waals surface area contributed by atoms with Gasteiger partial charge in [-0.25, -0.2) is 4.79 Å².